The molecule has 8 nitrogen and oxygen atoms in total. The first-order valence-corrected chi connectivity index (χ1v) is 13.9. The number of rotatable bonds is 8. The van der Waals surface area contributed by atoms with E-state index < -0.39 is 59.7 Å². The lowest BCUT2D eigenvalue weighted by Gasteiger charge is -2.41. The predicted octanol–water partition coefficient (Wildman–Crippen LogP) is 6.65. The van der Waals surface area contributed by atoms with Crippen molar-refractivity contribution in [3.05, 3.63) is 64.7 Å². The molecule has 0 radical (unpaired) electrons. The fraction of sp³-hybridized carbons (Fsp3) is 0.500. The summed E-state index contributed by atoms with van der Waals surface area (Å²) in [6.07, 6.45) is -9.28. The van der Waals surface area contributed by atoms with Crippen LogP contribution in [-0.2, 0) is 23.7 Å². The zero-order valence-corrected chi connectivity index (χ0v) is 25.9. The summed E-state index contributed by atoms with van der Waals surface area (Å²) in [5.41, 5.74) is -3.08. The highest BCUT2D eigenvalue weighted by Gasteiger charge is 2.38. The number of nitrogens with one attached hydrogen (secondary N) is 2. The third kappa shape index (κ3) is 10.6. The summed E-state index contributed by atoms with van der Waals surface area (Å²) >= 11 is 0. The highest BCUT2D eigenvalue weighted by atomic mass is 32.1. The first-order valence-electron chi connectivity index (χ1n) is 13.9. The van der Waals surface area contributed by atoms with Crippen molar-refractivity contribution in [3.63, 3.8) is 0 Å². The van der Waals surface area contributed by atoms with E-state index in [1.54, 1.807) is 0 Å². The van der Waals surface area contributed by atoms with Crippen LogP contribution in [0.5, 0.6) is 0 Å². The third-order valence-corrected chi connectivity index (χ3v) is 7.77. The Morgan fingerprint density at radius 3 is 1.84 bits per heavy atom. The Hall–Kier alpha value is -3.46. The zero-order valence-electron chi connectivity index (χ0n) is 24.9. The van der Waals surface area contributed by atoms with Gasteiger partial charge in [-0.05, 0) is 72.9 Å². The number of carbonyl (C=O) groups excluding carboxylic acids is 2. The van der Waals surface area contributed by atoms with Gasteiger partial charge in [-0.15, -0.1) is 0 Å². The minimum Gasteiger partial charge on any atom is -0.479 e. The van der Waals surface area contributed by atoms with E-state index in [1.165, 1.54) is 29.2 Å². The molecule has 2 aromatic carbocycles. The molecule has 0 bridgehead atoms. The van der Waals surface area contributed by atoms with Crippen molar-refractivity contribution in [2.24, 2.45) is 11.3 Å². The van der Waals surface area contributed by atoms with E-state index in [9.17, 15) is 45.8 Å². The van der Waals surface area contributed by atoms with Gasteiger partial charge in [0, 0.05) is 23.8 Å². The summed E-state index contributed by atoms with van der Waals surface area (Å²) < 4.78 is 80.4. The summed E-state index contributed by atoms with van der Waals surface area (Å²) in [6.45, 7) is 5.74. The molecule has 15 heteroatoms. The van der Waals surface area contributed by atoms with Crippen LogP contribution < -0.4 is 10.6 Å². The normalized spacial score (nSPS) is 17.9. The van der Waals surface area contributed by atoms with Crippen LogP contribution in [0.3, 0.4) is 0 Å². The SMILES string of the molecule is CC(C)(C)C1CCC(N(Cc2ccc(C(=O)NC[C@H](O)C(=O)O)cc2)C(=O)Nc2cc(C(F)(F)F)cc(C(F)(F)F)c2)CC1.S. The zero-order chi connectivity index (χ0) is 33.0. The Balaban J connectivity index is 0.00000705. The van der Waals surface area contributed by atoms with Gasteiger partial charge in [0.15, 0.2) is 6.10 Å². The Bertz CT molecular complexity index is 1310. The number of carboxylic acids is 1. The van der Waals surface area contributed by atoms with Crippen LogP contribution in [0.25, 0.3) is 0 Å². The van der Waals surface area contributed by atoms with Crippen molar-refractivity contribution >= 4 is 37.1 Å². The Morgan fingerprint density at radius 2 is 1.40 bits per heavy atom. The molecule has 1 saturated carbocycles. The number of anilines is 1. The molecule has 0 aliphatic heterocycles. The van der Waals surface area contributed by atoms with Crippen molar-refractivity contribution in [2.75, 3.05) is 11.9 Å². The summed E-state index contributed by atoms with van der Waals surface area (Å²) in [4.78, 5) is 38.0. The lowest BCUT2D eigenvalue weighted by atomic mass is 9.71. The largest absolute Gasteiger partial charge is 0.479 e. The number of hydrogen-bond acceptors (Lipinski definition) is 4. The van der Waals surface area contributed by atoms with Gasteiger partial charge < -0.3 is 25.7 Å². The molecule has 0 saturated heterocycles. The number of aliphatic carboxylic acids is 1. The van der Waals surface area contributed by atoms with E-state index in [0.717, 1.165) is 12.8 Å². The van der Waals surface area contributed by atoms with Gasteiger partial charge in [0.2, 0.25) is 0 Å². The molecule has 4 N–H and O–H groups in total. The Labute approximate surface area is 263 Å². The summed E-state index contributed by atoms with van der Waals surface area (Å²) in [5.74, 6) is -1.80. The number of benzene rings is 2. The molecule has 3 amide bonds. The standard InChI is InChI=1S/C30H35F6N3O5.H2S/c1-28(2,3)19-8-10-23(11-9-19)39(16-17-4-6-18(7-5-17)25(41)37-15-24(40)26(42)43)27(44)38-22-13-20(29(31,32)33)12-21(14-22)30(34,35)36;/h4-7,12-14,19,23-24,40H,8-11,15-16H2,1-3H3,(H,37,41)(H,38,44)(H,42,43);1H2/t19?,23?,24-;/m0./s1. The number of nitrogens with zero attached hydrogens (tertiary/aromatic N) is 1. The number of hydrogen-bond donors (Lipinski definition) is 4. The smallest absolute Gasteiger partial charge is 0.416 e. The van der Waals surface area contributed by atoms with Crippen molar-refractivity contribution in [2.45, 2.75) is 77.5 Å². The van der Waals surface area contributed by atoms with E-state index in [-0.39, 0.29) is 43.1 Å². The van der Waals surface area contributed by atoms with Crippen LogP contribution in [-0.4, -0.2) is 51.7 Å². The van der Waals surface area contributed by atoms with E-state index in [4.69, 9.17) is 5.11 Å². The van der Waals surface area contributed by atoms with Crippen LogP contribution >= 0.6 is 13.5 Å². The molecular weight excluding hydrogens is 628 g/mol. The van der Waals surface area contributed by atoms with Crippen molar-refractivity contribution in [1.29, 1.82) is 0 Å². The van der Waals surface area contributed by atoms with Crippen molar-refractivity contribution in [3.8, 4) is 0 Å². The summed E-state index contributed by atoms with van der Waals surface area (Å²) in [6, 6.07) is 5.53. The average Bonchev–Trinajstić information content (AvgIpc) is 2.93. The van der Waals surface area contributed by atoms with Gasteiger partial charge in [0.05, 0.1) is 17.7 Å². The third-order valence-electron chi connectivity index (χ3n) is 7.77. The predicted molar refractivity (Wildman–Crippen MR) is 159 cm³/mol. The average molecular weight is 666 g/mol. The van der Waals surface area contributed by atoms with E-state index in [0.29, 0.717) is 36.5 Å². The molecule has 0 aromatic heterocycles. The van der Waals surface area contributed by atoms with Crippen molar-refractivity contribution in [1.82, 2.24) is 10.2 Å². The molecular formula is C30H37F6N3O5S. The molecule has 3 rings (SSSR count). The number of aliphatic hydroxyl groups excluding tert-OH is 1. The summed E-state index contributed by atoms with van der Waals surface area (Å²) in [7, 11) is 0. The van der Waals surface area contributed by atoms with Crippen molar-refractivity contribution < 1.29 is 50.9 Å². The maximum atomic E-state index is 13.5. The second kappa shape index (κ2) is 14.8. The molecule has 250 valence electrons. The second-order valence-corrected chi connectivity index (χ2v) is 12.0. The minimum atomic E-state index is -5.08. The maximum Gasteiger partial charge on any atom is 0.416 e. The van der Waals surface area contributed by atoms with Crippen LogP contribution in [0, 0.1) is 11.3 Å². The number of aliphatic hydroxyl groups is 1. The maximum absolute atomic E-state index is 13.5. The molecule has 45 heavy (non-hydrogen) atoms. The monoisotopic (exact) mass is 665 g/mol. The first-order chi connectivity index (χ1) is 20.3. The number of alkyl halides is 6. The Morgan fingerprint density at radius 1 is 0.889 bits per heavy atom. The molecule has 0 unspecified atom stereocenters. The van der Waals surface area contributed by atoms with Gasteiger partial charge in [-0.3, -0.25) is 4.79 Å². The van der Waals surface area contributed by atoms with Crippen LogP contribution in [0.15, 0.2) is 42.5 Å². The summed E-state index contributed by atoms with van der Waals surface area (Å²) in [5, 5.41) is 22.6. The van der Waals surface area contributed by atoms with Gasteiger partial charge in [-0.2, -0.15) is 39.8 Å². The quantitative estimate of drug-likeness (QED) is 0.236. The van der Waals surface area contributed by atoms with Crippen LogP contribution in [0.1, 0.15) is 73.5 Å². The van der Waals surface area contributed by atoms with Gasteiger partial charge in [-0.1, -0.05) is 32.9 Å². The lowest BCUT2D eigenvalue weighted by molar-refractivity contribution is -0.146. The molecule has 0 heterocycles. The van der Waals surface area contributed by atoms with Crippen LogP contribution in [0.4, 0.5) is 36.8 Å². The number of urea groups is 1. The topological polar surface area (TPSA) is 119 Å². The number of amides is 3. The molecule has 1 fully saturated rings. The first kappa shape index (κ1) is 37.7. The minimum absolute atomic E-state index is 0. The number of carboxylic acid groups (broad SMARTS) is 1. The lowest BCUT2D eigenvalue weighted by Crippen LogP contribution is -2.45. The number of carbonyl (C=O) groups is 3. The van der Waals surface area contributed by atoms with E-state index in [2.05, 4.69) is 31.4 Å². The van der Waals surface area contributed by atoms with E-state index >= 15 is 0 Å². The molecule has 1 atom stereocenters. The number of halogens is 6. The molecule has 1 aliphatic rings. The Kier molecular flexibility index (Phi) is 12.4. The van der Waals surface area contributed by atoms with Gasteiger partial charge in [0.25, 0.3) is 5.91 Å². The second-order valence-electron chi connectivity index (χ2n) is 12.0. The van der Waals surface area contributed by atoms with Gasteiger partial charge >= 0.3 is 24.4 Å². The van der Waals surface area contributed by atoms with Gasteiger partial charge in [0.1, 0.15) is 0 Å². The van der Waals surface area contributed by atoms with Crippen LogP contribution in [0.2, 0.25) is 0 Å². The fourth-order valence-electron chi connectivity index (χ4n) is 5.18. The highest BCUT2D eigenvalue weighted by molar-refractivity contribution is 7.59. The molecule has 0 spiro atoms. The molecule has 1 aliphatic carbocycles. The fourth-order valence-corrected chi connectivity index (χ4v) is 5.18. The van der Waals surface area contributed by atoms with Gasteiger partial charge in [-0.25, -0.2) is 9.59 Å². The highest BCUT2D eigenvalue weighted by Crippen LogP contribution is 2.40. The van der Waals surface area contributed by atoms with E-state index in [1.807, 2.05) is 0 Å². The molecule has 2 aromatic rings.